The Morgan fingerprint density at radius 2 is 2.05 bits per heavy atom. The number of ether oxygens (including phenoxy) is 1. The minimum atomic E-state index is -0.541. The summed E-state index contributed by atoms with van der Waals surface area (Å²) in [7, 11) is 1.48. The molecule has 0 fully saturated rings. The van der Waals surface area contributed by atoms with Gasteiger partial charge in [0.05, 0.1) is 12.3 Å². The highest BCUT2D eigenvalue weighted by Crippen LogP contribution is 2.25. The molecule has 19 heavy (non-hydrogen) atoms. The van der Waals surface area contributed by atoms with Crippen LogP contribution in [-0.2, 0) is 9.63 Å². The maximum absolute atomic E-state index is 11.5. The van der Waals surface area contributed by atoms with E-state index in [2.05, 4.69) is 5.32 Å². The number of nitrogens with zero attached hydrogens (tertiary/aromatic N) is 1. The van der Waals surface area contributed by atoms with Crippen molar-refractivity contribution in [1.82, 2.24) is 5.32 Å². The number of carbonyl (C=O) groups is 2. The Balaban J connectivity index is 2.98. The van der Waals surface area contributed by atoms with Gasteiger partial charge in [-0.3, -0.25) is 9.63 Å². The molecule has 0 heterocycles. The minimum absolute atomic E-state index is 0.218. The fourth-order valence-electron chi connectivity index (χ4n) is 1.54. The van der Waals surface area contributed by atoms with Gasteiger partial charge < -0.3 is 10.1 Å². The molecular weight excluding hydrogens is 248 g/mol. The Labute approximate surface area is 112 Å². The van der Waals surface area contributed by atoms with Crippen molar-refractivity contribution >= 4 is 17.7 Å². The summed E-state index contributed by atoms with van der Waals surface area (Å²) in [5.74, 6) is 0.186. The first-order chi connectivity index (χ1) is 8.99. The summed E-state index contributed by atoms with van der Waals surface area (Å²) < 4.78 is 5.01. The van der Waals surface area contributed by atoms with Gasteiger partial charge >= 0.3 is 6.09 Å². The van der Waals surface area contributed by atoms with Crippen molar-refractivity contribution in [3.05, 3.63) is 23.8 Å². The second-order valence-electron chi connectivity index (χ2n) is 3.82. The van der Waals surface area contributed by atoms with Gasteiger partial charge in [-0.05, 0) is 37.6 Å². The van der Waals surface area contributed by atoms with Gasteiger partial charge in [-0.15, -0.1) is 0 Å². The molecule has 0 saturated heterocycles. The number of carbonyl (C=O) groups excluding carboxylic acids is 2. The highest BCUT2D eigenvalue weighted by atomic mass is 16.7. The zero-order valence-electron chi connectivity index (χ0n) is 11.5. The van der Waals surface area contributed by atoms with E-state index < -0.39 is 6.09 Å². The van der Waals surface area contributed by atoms with E-state index >= 15 is 0 Å². The van der Waals surface area contributed by atoms with Crippen LogP contribution in [0.15, 0.2) is 18.2 Å². The normalized spacial score (nSPS) is 9.89. The van der Waals surface area contributed by atoms with Gasteiger partial charge in [0.2, 0.25) is 5.91 Å². The summed E-state index contributed by atoms with van der Waals surface area (Å²) in [6.45, 7) is 5.41. The SMILES string of the molecule is CCON(C(C)=O)c1ccc(OC(=O)NC)cc1C. The quantitative estimate of drug-likeness (QED) is 0.846. The molecule has 0 aliphatic carbocycles. The van der Waals surface area contributed by atoms with Gasteiger partial charge in [-0.25, -0.2) is 4.79 Å². The standard InChI is InChI=1S/C13H18N2O4/c1-5-18-15(10(3)16)12-7-6-11(8-9(12)2)19-13(17)14-4/h6-8H,5H2,1-4H3,(H,14,17). The smallest absolute Gasteiger partial charge is 0.410 e. The van der Waals surface area contributed by atoms with Gasteiger partial charge in [-0.1, -0.05) is 0 Å². The summed E-state index contributed by atoms with van der Waals surface area (Å²) >= 11 is 0. The van der Waals surface area contributed by atoms with Gasteiger partial charge in [0, 0.05) is 14.0 Å². The third-order valence-corrected chi connectivity index (χ3v) is 2.35. The summed E-state index contributed by atoms with van der Waals surface area (Å²) in [6.07, 6.45) is -0.541. The molecule has 0 spiro atoms. The lowest BCUT2D eigenvalue weighted by atomic mass is 10.2. The van der Waals surface area contributed by atoms with Crippen LogP contribution in [0, 0.1) is 6.92 Å². The zero-order chi connectivity index (χ0) is 14.4. The van der Waals surface area contributed by atoms with Crippen LogP contribution in [0.2, 0.25) is 0 Å². The van der Waals surface area contributed by atoms with Crippen LogP contribution in [0.5, 0.6) is 5.75 Å². The number of hydrogen-bond acceptors (Lipinski definition) is 4. The first-order valence-electron chi connectivity index (χ1n) is 5.93. The average Bonchev–Trinajstić information content (AvgIpc) is 2.36. The van der Waals surface area contributed by atoms with E-state index in [0.717, 1.165) is 5.56 Å². The molecule has 1 N–H and O–H groups in total. The lowest BCUT2D eigenvalue weighted by molar-refractivity contribution is -0.123. The van der Waals surface area contributed by atoms with Crippen LogP contribution < -0.4 is 15.1 Å². The molecule has 1 rings (SSSR count). The van der Waals surface area contributed by atoms with Crippen molar-refractivity contribution in [2.75, 3.05) is 18.7 Å². The molecule has 0 radical (unpaired) electrons. The van der Waals surface area contributed by atoms with Gasteiger partial charge in [0.1, 0.15) is 5.75 Å². The molecule has 0 aliphatic heterocycles. The topological polar surface area (TPSA) is 67.9 Å². The van der Waals surface area contributed by atoms with E-state index in [4.69, 9.17) is 9.57 Å². The maximum Gasteiger partial charge on any atom is 0.412 e. The lowest BCUT2D eigenvalue weighted by Gasteiger charge is -2.21. The molecule has 1 aromatic carbocycles. The molecule has 104 valence electrons. The van der Waals surface area contributed by atoms with Gasteiger partial charge in [-0.2, -0.15) is 5.06 Å². The fraction of sp³-hybridized carbons (Fsp3) is 0.385. The van der Waals surface area contributed by atoms with Crippen molar-refractivity contribution in [1.29, 1.82) is 0 Å². The third kappa shape index (κ3) is 3.96. The maximum atomic E-state index is 11.5. The van der Waals surface area contributed by atoms with Crippen molar-refractivity contribution in [3.63, 3.8) is 0 Å². The van der Waals surface area contributed by atoms with Crippen LogP contribution in [0.4, 0.5) is 10.5 Å². The molecule has 0 unspecified atom stereocenters. The Kier molecular flexibility index (Phi) is 5.32. The number of hydrogen-bond donors (Lipinski definition) is 1. The second kappa shape index (κ2) is 6.75. The Morgan fingerprint density at radius 3 is 2.53 bits per heavy atom. The lowest BCUT2D eigenvalue weighted by Crippen LogP contribution is -2.29. The molecule has 0 aromatic heterocycles. The zero-order valence-corrected chi connectivity index (χ0v) is 11.5. The molecule has 6 heteroatoms. The highest BCUT2D eigenvalue weighted by Gasteiger charge is 2.15. The van der Waals surface area contributed by atoms with Crippen LogP contribution in [0.1, 0.15) is 19.4 Å². The Morgan fingerprint density at radius 1 is 1.37 bits per heavy atom. The minimum Gasteiger partial charge on any atom is -0.410 e. The third-order valence-electron chi connectivity index (χ3n) is 2.35. The molecule has 0 aliphatic rings. The first-order valence-corrected chi connectivity index (χ1v) is 5.93. The number of amides is 2. The van der Waals surface area contributed by atoms with Crippen molar-refractivity contribution in [2.45, 2.75) is 20.8 Å². The molecular formula is C13H18N2O4. The average molecular weight is 266 g/mol. The number of aryl methyl sites for hydroxylation is 1. The van der Waals surface area contributed by atoms with Crippen LogP contribution in [0.25, 0.3) is 0 Å². The predicted octanol–water partition coefficient (Wildman–Crippen LogP) is 2.02. The van der Waals surface area contributed by atoms with E-state index in [1.807, 2.05) is 0 Å². The van der Waals surface area contributed by atoms with Gasteiger partial charge in [0.15, 0.2) is 0 Å². The fourth-order valence-corrected chi connectivity index (χ4v) is 1.54. The van der Waals surface area contributed by atoms with Crippen LogP contribution >= 0.6 is 0 Å². The summed E-state index contributed by atoms with van der Waals surface area (Å²) in [4.78, 5) is 27.9. The monoisotopic (exact) mass is 266 g/mol. The highest BCUT2D eigenvalue weighted by molar-refractivity contribution is 5.90. The van der Waals surface area contributed by atoms with E-state index in [-0.39, 0.29) is 5.91 Å². The van der Waals surface area contributed by atoms with E-state index in [0.29, 0.717) is 18.0 Å². The summed E-state index contributed by atoms with van der Waals surface area (Å²) in [5, 5.41) is 3.58. The van der Waals surface area contributed by atoms with Gasteiger partial charge in [0.25, 0.3) is 0 Å². The van der Waals surface area contributed by atoms with E-state index in [1.54, 1.807) is 32.0 Å². The predicted molar refractivity (Wildman–Crippen MR) is 71.0 cm³/mol. The number of nitrogens with one attached hydrogen (secondary N) is 1. The number of rotatable bonds is 4. The largest absolute Gasteiger partial charge is 0.412 e. The molecule has 6 nitrogen and oxygen atoms in total. The molecule has 2 amide bonds. The van der Waals surface area contributed by atoms with Crippen molar-refractivity contribution in [3.8, 4) is 5.75 Å². The van der Waals surface area contributed by atoms with E-state index in [9.17, 15) is 9.59 Å². The Bertz CT molecular complexity index is 474. The number of benzene rings is 1. The summed E-state index contributed by atoms with van der Waals surface area (Å²) in [5.41, 5.74) is 1.39. The first kappa shape index (κ1) is 15.0. The van der Waals surface area contributed by atoms with E-state index in [1.165, 1.54) is 19.0 Å². The number of anilines is 1. The van der Waals surface area contributed by atoms with Crippen molar-refractivity contribution in [2.24, 2.45) is 0 Å². The second-order valence-corrected chi connectivity index (χ2v) is 3.82. The summed E-state index contributed by atoms with van der Waals surface area (Å²) in [6, 6.07) is 4.94. The Hall–Kier alpha value is -2.08. The van der Waals surface area contributed by atoms with Crippen molar-refractivity contribution < 1.29 is 19.2 Å². The molecule has 0 saturated carbocycles. The molecule has 0 bridgehead atoms. The van der Waals surface area contributed by atoms with Crippen LogP contribution in [0.3, 0.4) is 0 Å². The molecule has 0 atom stereocenters. The number of hydroxylamine groups is 1. The molecule has 1 aromatic rings. The van der Waals surface area contributed by atoms with Crippen LogP contribution in [-0.4, -0.2) is 25.7 Å².